The van der Waals surface area contributed by atoms with Gasteiger partial charge in [-0.25, -0.2) is 0 Å². The molecule has 1 rings (SSSR count). The first-order valence-corrected chi connectivity index (χ1v) is 4.53. The number of hydrogen-bond acceptors (Lipinski definition) is 1. The van der Waals surface area contributed by atoms with Gasteiger partial charge in [0.15, 0.2) is 0 Å². The van der Waals surface area contributed by atoms with Gasteiger partial charge in [-0.15, -0.1) is 0 Å². The van der Waals surface area contributed by atoms with E-state index in [0.717, 1.165) is 12.2 Å². The molecule has 0 spiro atoms. The molecule has 1 atom stereocenters. The van der Waals surface area contributed by atoms with Gasteiger partial charge in [-0.3, -0.25) is 0 Å². The molecule has 0 aliphatic heterocycles. The molecular formula is C11H18O. The van der Waals surface area contributed by atoms with Crippen LogP contribution in [0.4, 0.5) is 0 Å². The van der Waals surface area contributed by atoms with E-state index in [-0.39, 0.29) is 0 Å². The topological polar surface area (TPSA) is 9.23 Å². The monoisotopic (exact) mass is 166 g/mol. The van der Waals surface area contributed by atoms with Gasteiger partial charge in [0.2, 0.25) is 0 Å². The Hall–Kier alpha value is -0.720. The molecule has 0 heterocycles. The van der Waals surface area contributed by atoms with Crippen LogP contribution < -0.4 is 0 Å². The summed E-state index contributed by atoms with van der Waals surface area (Å²) in [7, 11) is 1.71. The average molecular weight is 166 g/mol. The van der Waals surface area contributed by atoms with Crippen molar-refractivity contribution in [3.63, 3.8) is 0 Å². The van der Waals surface area contributed by atoms with Gasteiger partial charge in [-0.2, -0.15) is 0 Å². The molecule has 1 aliphatic rings. The molecule has 0 aromatic carbocycles. The van der Waals surface area contributed by atoms with Crippen molar-refractivity contribution in [1.82, 2.24) is 0 Å². The normalized spacial score (nSPS) is 24.1. The summed E-state index contributed by atoms with van der Waals surface area (Å²) in [6, 6.07) is 0. The minimum absolute atomic E-state index is 0.554. The van der Waals surface area contributed by atoms with Crippen LogP contribution in [-0.2, 0) is 4.74 Å². The van der Waals surface area contributed by atoms with Crippen LogP contribution in [0, 0.1) is 5.92 Å². The van der Waals surface area contributed by atoms with Crippen molar-refractivity contribution in [3.8, 4) is 0 Å². The molecule has 0 saturated heterocycles. The largest absolute Gasteiger partial charge is 0.501 e. The Balaban J connectivity index is 2.60. The summed E-state index contributed by atoms with van der Waals surface area (Å²) in [4.78, 5) is 0. The summed E-state index contributed by atoms with van der Waals surface area (Å²) < 4.78 is 5.16. The predicted octanol–water partition coefficient (Wildman–Crippen LogP) is 3.28. The number of allylic oxidation sites excluding steroid dienone is 3. The van der Waals surface area contributed by atoms with Crippen molar-refractivity contribution < 1.29 is 4.74 Å². The van der Waals surface area contributed by atoms with Crippen LogP contribution in [0.5, 0.6) is 0 Å². The second-order valence-corrected chi connectivity index (χ2v) is 3.67. The Morgan fingerprint density at radius 2 is 2.08 bits per heavy atom. The lowest BCUT2D eigenvalue weighted by atomic mass is 9.84. The van der Waals surface area contributed by atoms with Crippen molar-refractivity contribution in [2.24, 2.45) is 5.92 Å². The van der Waals surface area contributed by atoms with Crippen LogP contribution in [0.2, 0.25) is 0 Å². The van der Waals surface area contributed by atoms with Crippen molar-refractivity contribution >= 4 is 0 Å². The van der Waals surface area contributed by atoms with E-state index >= 15 is 0 Å². The minimum atomic E-state index is 0.554. The van der Waals surface area contributed by atoms with Crippen LogP contribution in [0.15, 0.2) is 23.5 Å². The molecule has 0 bridgehead atoms. The highest BCUT2D eigenvalue weighted by molar-refractivity contribution is 5.16. The van der Waals surface area contributed by atoms with E-state index in [4.69, 9.17) is 4.74 Å². The Labute approximate surface area is 75.1 Å². The molecule has 0 amide bonds. The average Bonchev–Trinajstić information content (AvgIpc) is 2.08. The molecule has 0 saturated carbocycles. The minimum Gasteiger partial charge on any atom is -0.501 e. The lowest BCUT2D eigenvalue weighted by Gasteiger charge is -2.24. The van der Waals surface area contributed by atoms with Crippen LogP contribution in [-0.4, -0.2) is 7.11 Å². The third-order valence-electron chi connectivity index (χ3n) is 2.87. The third kappa shape index (κ3) is 1.90. The van der Waals surface area contributed by atoms with Gasteiger partial charge < -0.3 is 4.74 Å². The summed E-state index contributed by atoms with van der Waals surface area (Å²) in [6.45, 7) is 8.35. The smallest absolute Gasteiger partial charge is 0.0918 e. The van der Waals surface area contributed by atoms with Crippen molar-refractivity contribution in [2.75, 3.05) is 7.11 Å². The summed E-state index contributed by atoms with van der Waals surface area (Å²) in [5, 5.41) is 0. The highest BCUT2D eigenvalue weighted by Crippen LogP contribution is 2.32. The summed E-state index contributed by atoms with van der Waals surface area (Å²) in [6.07, 6.45) is 3.55. The zero-order valence-electron chi connectivity index (χ0n) is 8.31. The van der Waals surface area contributed by atoms with Crippen LogP contribution in [0.25, 0.3) is 0 Å². The zero-order chi connectivity index (χ0) is 9.14. The molecule has 68 valence electrons. The lowest BCUT2D eigenvalue weighted by Crippen LogP contribution is -2.11. The van der Waals surface area contributed by atoms with Gasteiger partial charge in [0.1, 0.15) is 0 Å². The molecule has 0 fully saturated rings. The Bertz CT molecular complexity index is 213. The molecule has 0 aromatic rings. The molecule has 1 nitrogen and oxygen atoms in total. The third-order valence-corrected chi connectivity index (χ3v) is 2.87. The van der Waals surface area contributed by atoms with Gasteiger partial charge in [-0.1, -0.05) is 17.7 Å². The first-order chi connectivity index (χ1) is 5.65. The molecule has 1 aliphatic carbocycles. The van der Waals surface area contributed by atoms with Crippen LogP contribution >= 0.6 is 0 Å². The highest BCUT2D eigenvalue weighted by atomic mass is 16.5. The molecule has 12 heavy (non-hydrogen) atoms. The van der Waals surface area contributed by atoms with Crippen molar-refractivity contribution in [3.05, 3.63) is 23.5 Å². The van der Waals surface area contributed by atoms with Crippen LogP contribution in [0.1, 0.15) is 33.1 Å². The van der Waals surface area contributed by atoms with E-state index in [9.17, 15) is 0 Å². The first kappa shape index (κ1) is 9.37. The van der Waals surface area contributed by atoms with E-state index in [1.165, 1.54) is 18.4 Å². The van der Waals surface area contributed by atoms with E-state index in [0.29, 0.717) is 5.92 Å². The quantitative estimate of drug-likeness (QED) is 0.452. The van der Waals surface area contributed by atoms with Gasteiger partial charge in [0.25, 0.3) is 0 Å². The fourth-order valence-electron chi connectivity index (χ4n) is 1.69. The van der Waals surface area contributed by atoms with E-state index < -0.39 is 0 Å². The van der Waals surface area contributed by atoms with Gasteiger partial charge in [0, 0.05) is 5.92 Å². The predicted molar refractivity (Wildman–Crippen MR) is 51.9 cm³/mol. The SMILES string of the molecule is C=C(OC)C1CCC(C)=C(C)C1. The second-order valence-electron chi connectivity index (χ2n) is 3.67. The zero-order valence-corrected chi connectivity index (χ0v) is 8.31. The summed E-state index contributed by atoms with van der Waals surface area (Å²) in [5.74, 6) is 1.50. The molecule has 1 unspecified atom stereocenters. The molecular weight excluding hydrogens is 148 g/mol. The standard InChI is InChI=1S/C11H18O/c1-8-5-6-11(7-9(8)2)10(3)12-4/h11H,3,5-7H2,1-2,4H3. The molecule has 0 N–H and O–H groups in total. The Morgan fingerprint density at radius 3 is 2.58 bits per heavy atom. The van der Waals surface area contributed by atoms with E-state index in [1.807, 2.05) is 0 Å². The first-order valence-electron chi connectivity index (χ1n) is 4.53. The second kappa shape index (κ2) is 3.79. The van der Waals surface area contributed by atoms with Crippen LogP contribution in [0.3, 0.4) is 0 Å². The summed E-state index contributed by atoms with van der Waals surface area (Å²) in [5.41, 5.74) is 3.07. The number of hydrogen-bond donors (Lipinski definition) is 0. The van der Waals surface area contributed by atoms with Crippen molar-refractivity contribution in [2.45, 2.75) is 33.1 Å². The van der Waals surface area contributed by atoms with E-state index in [2.05, 4.69) is 20.4 Å². The highest BCUT2D eigenvalue weighted by Gasteiger charge is 2.19. The molecule has 0 aromatic heterocycles. The maximum absolute atomic E-state index is 5.16. The van der Waals surface area contributed by atoms with E-state index in [1.54, 1.807) is 12.7 Å². The molecule has 0 radical (unpaired) electrons. The number of methoxy groups -OCH3 is 1. The lowest BCUT2D eigenvalue weighted by molar-refractivity contribution is 0.233. The maximum Gasteiger partial charge on any atom is 0.0918 e. The van der Waals surface area contributed by atoms with Gasteiger partial charge in [0.05, 0.1) is 12.9 Å². The Morgan fingerprint density at radius 1 is 1.42 bits per heavy atom. The Kier molecular flexibility index (Phi) is 2.96. The van der Waals surface area contributed by atoms with Gasteiger partial charge >= 0.3 is 0 Å². The number of ether oxygens (including phenoxy) is 1. The molecule has 1 heteroatoms. The number of rotatable bonds is 2. The maximum atomic E-state index is 5.16. The fraction of sp³-hybridized carbons (Fsp3) is 0.636. The fourth-order valence-corrected chi connectivity index (χ4v) is 1.69. The van der Waals surface area contributed by atoms with Gasteiger partial charge in [-0.05, 0) is 33.1 Å². The summed E-state index contributed by atoms with van der Waals surface area (Å²) >= 11 is 0. The van der Waals surface area contributed by atoms with Crippen molar-refractivity contribution in [1.29, 1.82) is 0 Å².